The van der Waals surface area contributed by atoms with Crippen molar-refractivity contribution in [1.29, 1.82) is 0 Å². The zero-order valence-corrected chi connectivity index (χ0v) is 18.1. The van der Waals surface area contributed by atoms with Crippen LogP contribution in [-0.2, 0) is 14.3 Å². The maximum absolute atomic E-state index is 13.8. The van der Waals surface area contributed by atoms with Gasteiger partial charge in [0, 0.05) is 12.6 Å². The van der Waals surface area contributed by atoms with Crippen molar-refractivity contribution in [2.75, 3.05) is 19.7 Å². The smallest absolute Gasteiger partial charge is 0.308 e. The van der Waals surface area contributed by atoms with Gasteiger partial charge in [-0.2, -0.15) is 8.78 Å². The fourth-order valence-corrected chi connectivity index (χ4v) is 3.19. The number of aliphatic hydroxyl groups excluding tert-OH is 1. The molecule has 3 N–H and O–H groups in total. The number of benzene rings is 1. The number of piperidine rings is 1. The summed E-state index contributed by atoms with van der Waals surface area (Å²) in [7, 11) is 0. The minimum absolute atomic E-state index is 0.0255. The molecule has 1 aromatic carbocycles. The fourth-order valence-electron chi connectivity index (χ4n) is 3.19. The molecule has 1 fully saturated rings. The van der Waals surface area contributed by atoms with Gasteiger partial charge in [-0.1, -0.05) is 0 Å². The number of ether oxygens (including phenoxy) is 2. The lowest BCUT2D eigenvalue weighted by Gasteiger charge is -2.29. The van der Waals surface area contributed by atoms with Crippen LogP contribution in [0, 0.1) is 29.2 Å². The van der Waals surface area contributed by atoms with E-state index in [-0.39, 0.29) is 6.07 Å². The highest BCUT2D eigenvalue weighted by atomic mass is 19.2. The molecule has 3 unspecified atom stereocenters. The van der Waals surface area contributed by atoms with Gasteiger partial charge in [-0.15, -0.1) is 0 Å². The Labute approximate surface area is 183 Å². The molecule has 0 radical (unpaired) electrons. The number of carbonyl (C=O) groups excluding carboxylic acids is 2. The second-order valence-electron chi connectivity index (χ2n) is 8.62. The van der Waals surface area contributed by atoms with Crippen LogP contribution in [0.25, 0.3) is 0 Å². The topological polar surface area (TPSA) is 96.9 Å². The Bertz CT molecular complexity index is 799. The van der Waals surface area contributed by atoms with Gasteiger partial charge in [-0.3, -0.25) is 9.59 Å². The Kier molecular flexibility index (Phi) is 8.85. The standard InChI is InChI=1S/C21H28F4N2O5/c1-21(2,3)32-16(29)8-14(27-20(30)11-5-4-6-26-9-11)15(28)10-31-19-17(24)12(22)7-13(23)18(19)25/h7,11,14-15,26,28H,4-6,8-10H2,1-3H3,(H,27,30). The summed E-state index contributed by atoms with van der Waals surface area (Å²) in [5, 5.41) is 16.1. The predicted molar refractivity (Wildman–Crippen MR) is 106 cm³/mol. The summed E-state index contributed by atoms with van der Waals surface area (Å²) in [5.41, 5.74) is -0.828. The molecule has 1 aliphatic heterocycles. The van der Waals surface area contributed by atoms with Crippen LogP contribution in [0.1, 0.15) is 40.0 Å². The van der Waals surface area contributed by atoms with E-state index in [0.717, 1.165) is 13.0 Å². The van der Waals surface area contributed by atoms with E-state index in [1.54, 1.807) is 20.8 Å². The molecule has 0 saturated carbocycles. The van der Waals surface area contributed by atoms with Gasteiger partial charge in [0.2, 0.25) is 17.5 Å². The molecule has 1 amide bonds. The summed E-state index contributed by atoms with van der Waals surface area (Å²) in [5.74, 6) is -9.79. The number of halogens is 4. The third-order valence-electron chi connectivity index (χ3n) is 4.74. The van der Waals surface area contributed by atoms with Crippen LogP contribution in [0.3, 0.4) is 0 Å². The molecule has 3 atom stereocenters. The van der Waals surface area contributed by atoms with E-state index in [1.165, 1.54) is 0 Å². The largest absolute Gasteiger partial charge is 0.485 e. The number of carbonyl (C=O) groups is 2. The number of hydrogen-bond donors (Lipinski definition) is 3. The van der Waals surface area contributed by atoms with Crippen molar-refractivity contribution >= 4 is 11.9 Å². The first-order chi connectivity index (χ1) is 14.9. The summed E-state index contributed by atoms with van der Waals surface area (Å²) in [6.07, 6.45) is -0.739. The van der Waals surface area contributed by atoms with Crippen molar-refractivity contribution in [3.63, 3.8) is 0 Å². The number of rotatable bonds is 8. The summed E-state index contributed by atoms with van der Waals surface area (Å²) in [6.45, 7) is 5.23. The summed E-state index contributed by atoms with van der Waals surface area (Å²) < 4.78 is 64.3. The number of aliphatic hydroxyl groups is 1. The average molecular weight is 464 g/mol. The first-order valence-corrected chi connectivity index (χ1v) is 10.3. The molecular formula is C21H28F4N2O5. The molecule has 1 aliphatic rings. The first kappa shape index (κ1) is 25.9. The van der Waals surface area contributed by atoms with E-state index in [4.69, 9.17) is 9.47 Å². The van der Waals surface area contributed by atoms with Crippen LogP contribution in [0.5, 0.6) is 5.75 Å². The quantitative estimate of drug-likeness (QED) is 0.310. The van der Waals surface area contributed by atoms with Crippen molar-refractivity contribution in [3.8, 4) is 5.75 Å². The second kappa shape index (κ2) is 11.0. The maximum atomic E-state index is 13.8. The highest BCUT2D eigenvalue weighted by molar-refractivity contribution is 5.80. The first-order valence-electron chi connectivity index (χ1n) is 10.3. The molecule has 7 nitrogen and oxygen atoms in total. The van der Waals surface area contributed by atoms with Gasteiger partial charge in [-0.05, 0) is 40.2 Å². The second-order valence-corrected chi connectivity index (χ2v) is 8.62. The van der Waals surface area contributed by atoms with E-state index in [2.05, 4.69) is 10.6 Å². The monoisotopic (exact) mass is 464 g/mol. The normalized spacial score (nSPS) is 18.6. The van der Waals surface area contributed by atoms with Gasteiger partial charge in [-0.25, -0.2) is 8.78 Å². The average Bonchev–Trinajstić information content (AvgIpc) is 2.70. The Hall–Kier alpha value is -2.40. The van der Waals surface area contributed by atoms with Gasteiger partial charge >= 0.3 is 5.97 Å². The van der Waals surface area contributed by atoms with Crippen molar-refractivity contribution in [1.82, 2.24) is 10.6 Å². The van der Waals surface area contributed by atoms with Crippen molar-refractivity contribution in [2.24, 2.45) is 5.92 Å². The third kappa shape index (κ3) is 7.33. The molecule has 1 saturated heterocycles. The molecule has 0 bridgehead atoms. The summed E-state index contributed by atoms with van der Waals surface area (Å²) >= 11 is 0. The van der Waals surface area contributed by atoms with Crippen LogP contribution in [0.4, 0.5) is 17.6 Å². The van der Waals surface area contributed by atoms with Crippen LogP contribution < -0.4 is 15.4 Å². The Morgan fingerprint density at radius 2 is 1.84 bits per heavy atom. The van der Waals surface area contributed by atoms with Gasteiger partial charge < -0.3 is 25.2 Å². The van der Waals surface area contributed by atoms with Gasteiger partial charge in [0.1, 0.15) is 18.3 Å². The zero-order valence-electron chi connectivity index (χ0n) is 18.1. The van der Waals surface area contributed by atoms with Gasteiger partial charge in [0.05, 0.1) is 18.4 Å². The van der Waals surface area contributed by atoms with E-state index >= 15 is 0 Å². The number of amides is 1. The van der Waals surface area contributed by atoms with Crippen LogP contribution in [0.15, 0.2) is 6.07 Å². The number of esters is 1. The van der Waals surface area contributed by atoms with E-state index < -0.39 is 77.6 Å². The van der Waals surface area contributed by atoms with Gasteiger partial charge in [0.15, 0.2) is 17.4 Å². The molecule has 11 heteroatoms. The third-order valence-corrected chi connectivity index (χ3v) is 4.74. The molecule has 2 rings (SSSR count). The number of hydrogen-bond acceptors (Lipinski definition) is 6. The fraction of sp³-hybridized carbons (Fsp3) is 0.619. The minimum atomic E-state index is -1.77. The minimum Gasteiger partial charge on any atom is -0.485 e. The van der Waals surface area contributed by atoms with Crippen LogP contribution in [-0.4, -0.2) is 54.4 Å². The van der Waals surface area contributed by atoms with E-state index in [9.17, 15) is 32.3 Å². The van der Waals surface area contributed by atoms with Crippen molar-refractivity contribution in [2.45, 2.75) is 57.8 Å². The number of nitrogens with one attached hydrogen (secondary N) is 2. The molecule has 32 heavy (non-hydrogen) atoms. The van der Waals surface area contributed by atoms with Crippen LogP contribution in [0.2, 0.25) is 0 Å². The molecule has 1 aromatic rings. The molecule has 1 heterocycles. The molecule has 0 spiro atoms. The SMILES string of the molecule is CC(C)(C)OC(=O)CC(NC(=O)C1CCCNC1)C(O)COc1c(F)c(F)cc(F)c1F. The lowest BCUT2D eigenvalue weighted by atomic mass is 9.97. The predicted octanol–water partition coefficient (Wildman–Crippen LogP) is 2.20. The molecular weight excluding hydrogens is 436 g/mol. The van der Waals surface area contributed by atoms with Crippen molar-refractivity contribution in [3.05, 3.63) is 29.3 Å². The Morgan fingerprint density at radius 3 is 2.38 bits per heavy atom. The summed E-state index contributed by atoms with van der Waals surface area (Å²) in [6, 6.07) is -1.21. The van der Waals surface area contributed by atoms with Crippen LogP contribution >= 0.6 is 0 Å². The zero-order chi connectivity index (χ0) is 24.1. The van der Waals surface area contributed by atoms with E-state index in [1.807, 2.05) is 0 Å². The summed E-state index contributed by atoms with van der Waals surface area (Å²) in [4.78, 5) is 24.8. The Balaban J connectivity index is 2.13. The van der Waals surface area contributed by atoms with E-state index in [0.29, 0.717) is 13.0 Å². The molecule has 0 aromatic heterocycles. The van der Waals surface area contributed by atoms with Crippen molar-refractivity contribution < 1.29 is 41.7 Å². The molecule has 180 valence electrons. The lowest BCUT2D eigenvalue weighted by Crippen LogP contribution is -2.51. The maximum Gasteiger partial charge on any atom is 0.308 e. The highest BCUT2D eigenvalue weighted by Crippen LogP contribution is 2.27. The molecule has 0 aliphatic carbocycles. The highest BCUT2D eigenvalue weighted by Gasteiger charge is 2.31. The Morgan fingerprint density at radius 1 is 1.22 bits per heavy atom. The van der Waals surface area contributed by atoms with Gasteiger partial charge in [0.25, 0.3) is 0 Å². The lowest BCUT2D eigenvalue weighted by molar-refractivity contribution is -0.156.